The summed E-state index contributed by atoms with van der Waals surface area (Å²) in [4.78, 5) is 3.97. The van der Waals surface area contributed by atoms with Gasteiger partial charge < -0.3 is 5.32 Å². The quantitative estimate of drug-likeness (QED) is 0.857. The first kappa shape index (κ1) is 10.7. The van der Waals surface area contributed by atoms with Crippen molar-refractivity contribution in [1.29, 1.82) is 0 Å². The molecule has 1 unspecified atom stereocenters. The van der Waals surface area contributed by atoms with E-state index in [1.54, 1.807) is 6.07 Å². The molecule has 1 aliphatic rings. The van der Waals surface area contributed by atoms with E-state index < -0.39 is 0 Å². The van der Waals surface area contributed by atoms with Crippen molar-refractivity contribution in [3.8, 4) is 0 Å². The zero-order valence-electron chi connectivity index (χ0n) is 8.79. The zero-order valence-corrected chi connectivity index (χ0v) is 9.61. The van der Waals surface area contributed by atoms with Crippen molar-refractivity contribution in [2.45, 2.75) is 24.5 Å². The highest BCUT2D eigenvalue weighted by Crippen LogP contribution is 2.37. The highest BCUT2D eigenvalue weighted by atomic mass is 32.2. The summed E-state index contributed by atoms with van der Waals surface area (Å²) < 4.78 is 12.9. The van der Waals surface area contributed by atoms with Gasteiger partial charge in [-0.15, -0.1) is 0 Å². The monoisotopic (exact) mass is 226 g/mol. The second-order valence-electron chi connectivity index (χ2n) is 4.12. The third kappa shape index (κ3) is 2.84. The standard InChI is InChI=1S/C11H15FN2S/c1-11(5-2-6-15-11)8-14-10-4-3-9(12)7-13-10/h3-4,7H,2,5-6,8H2,1H3,(H,13,14). The van der Waals surface area contributed by atoms with Crippen molar-refractivity contribution in [3.63, 3.8) is 0 Å². The lowest BCUT2D eigenvalue weighted by Gasteiger charge is -2.23. The predicted molar refractivity (Wildman–Crippen MR) is 62.8 cm³/mol. The third-order valence-corrected chi connectivity index (χ3v) is 4.21. The molecule has 2 rings (SSSR count). The summed E-state index contributed by atoms with van der Waals surface area (Å²) >= 11 is 2.00. The molecule has 1 atom stereocenters. The van der Waals surface area contributed by atoms with Crippen LogP contribution in [0.1, 0.15) is 19.8 Å². The maximum atomic E-state index is 12.6. The smallest absolute Gasteiger partial charge is 0.141 e. The fourth-order valence-electron chi connectivity index (χ4n) is 1.73. The summed E-state index contributed by atoms with van der Waals surface area (Å²) in [6, 6.07) is 3.11. The van der Waals surface area contributed by atoms with Gasteiger partial charge >= 0.3 is 0 Å². The summed E-state index contributed by atoms with van der Waals surface area (Å²) in [6.07, 6.45) is 3.78. The van der Waals surface area contributed by atoms with E-state index in [0.717, 1.165) is 12.4 Å². The van der Waals surface area contributed by atoms with Gasteiger partial charge in [0, 0.05) is 11.3 Å². The molecule has 1 aromatic rings. The molecular weight excluding hydrogens is 211 g/mol. The molecule has 2 nitrogen and oxygen atoms in total. The topological polar surface area (TPSA) is 24.9 Å². The predicted octanol–water partition coefficient (Wildman–Crippen LogP) is 2.92. The number of halogens is 1. The zero-order chi connectivity index (χ0) is 10.7. The molecule has 0 spiro atoms. The molecule has 15 heavy (non-hydrogen) atoms. The lowest BCUT2D eigenvalue weighted by atomic mass is 10.1. The molecule has 0 amide bonds. The summed E-state index contributed by atoms with van der Waals surface area (Å²) in [5.74, 6) is 1.71. The van der Waals surface area contributed by atoms with Crippen LogP contribution < -0.4 is 5.32 Å². The van der Waals surface area contributed by atoms with Gasteiger partial charge in [0.25, 0.3) is 0 Å². The van der Waals surface area contributed by atoms with E-state index in [-0.39, 0.29) is 5.82 Å². The molecule has 0 aromatic carbocycles. The van der Waals surface area contributed by atoms with E-state index in [2.05, 4.69) is 17.2 Å². The number of hydrogen-bond acceptors (Lipinski definition) is 3. The minimum Gasteiger partial charge on any atom is -0.369 e. The number of pyridine rings is 1. The molecule has 1 fully saturated rings. The Kier molecular flexibility index (Phi) is 3.14. The average molecular weight is 226 g/mol. The molecule has 0 radical (unpaired) electrons. The minimum absolute atomic E-state index is 0.290. The van der Waals surface area contributed by atoms with Crippen LogP contribution in [0.5, 0.6) is 0 Å². The number of aromatic nitrogens is 1. The average Bonchev–Trinajstić information content (AvgIpc) is 2.65. The van der Waals surface area contributed by atoms with Gasteiger partial charge in [0.15, 0.2) is 0 Å². The molecule has 1 aromatic heterocycles. The first-order valence-corrected chi connectivity index (χ1v) is 6.16. The van der Waals surface area contributed by atoms with Crippen molar-refractivity contribution >= 4 is 17.6 Å². The third-order valence-electron chi connectivity index (χ3n) is 2.67. The molecule has 1 aliphatic heterocycles. The second kappa shape index (κ2) is 4.39. The van der Waals surface area contributed by atoms with E-state index in [4.69, 9.17) is 0 Å². The van der Waals surface area contributed by atoms with E-state index in [1.807, 2.05) is 11.8 Å². The number of nitrogens with one attached hydrogen (secondary N) is 1. The summed E-state index contributed by atoms with van der Waals surface area (Å²) in [5.41, 5.74) is 0. The molecule has 0 saturated carbocycles. The lowest BCUT2D eigenvalue weighted by molar-refractivity contribution is 0.619. The summed E-state index contributed by atoms with van der Waals surface area (Å²) in [6.45, 7) is 3.16. The van der Waals surface area contributed by atoms with Crippen molar-refractivity contribution in [3.05, 3.63) is 24.1 Å². The van der Waals surface area contributed by atoms with Crippen LogP contribution in [-0.4, -0.2) is 22.0 Å². The van der Waals surface area contributed by atoms with Crippen LogP contribution in [0, 0.1) is 5.82 Å². The summed E-state index contributed by atoms with van der Waals surface area (Å²) in [7, 11) is 0. The van der Waals surface area contributed by atoms with Gasteiger partial charge in [-0.25, -0.2) is 9.37 Å². The number of nitrogens with zero attached hydrogens (tertiary/aromatic N) is 1. The molecule has 82 valence electrons. The fraction of sp³-hybridized carbons (Fsp3) is 0.545. The van der Waals surface area contributed by atoms with Gasteiger partial charge in [0.05, 0.1) is 6.20 Å². The Labute approximate surface area is 93.7 Å². The Morgan fingerprint density at radius 1 is 1.60 bits per heavy atom. The Morgan fingerprint density at radius 3 is 3.07 bits per heavy atom. The first-order chi connectivity index (χ1) is 7.18. The Bertz CT molecular complexity index is 320. The van der Waals surface area contributed by atoms with Crippen molar-refractivity contribution in [2.24, 2.45) is 0 Å². The van der Waals surface area contributed by atoms with Crippen molar-refractivity contribution in [2.75, 3.05) is 17.6 Å². The second-order valence-corrected chi connectivity index (χ2v) is 5.80. The van der Waals surface area contributed by atoms with Crippen LogP contribution in [0.4, 0.5) is 10.2 Å². The Balaban J connectivity index is 1.90. The number of anilines is 1. The van der Waals surface area contributed by atoms with Gasteiger partial charge in [-0.2, -0.15) is 11.8 Å². The molecule has 0 bridgehead atoms. The Morgan fingerprint density at radius 2 is 2.47 bits per heavy atom. The van der Waals surface area contributed by atoms with Crippen LogP contribution in [0.2, 0.25) is 0 Å². The van der Waals surface area contributed by atoms with Gasteiger partial charge in [-0.1, -0.05) is 0 Å². The first-order valence-electron chi connectivity index (χ1n) is 5.17. The molecule has 4 heteroatoms. The van der Waals surface area contributed by atoms with Crippen LogP contribution in [0.15, 0.2) is 18.3 Å². The SMILES string of the molecule is CC1(CNc2ccc(F)cn2)CCCS1. The van der Waals surface area contributed by atoms with Gasteiger partial charge in [-0.3, -0.25) is 0 Å². The highest BCUT2D eigenvalue weighted by molar-refractivity contribution is 8.00. The molecular formula is C11H15FN2S. The van der Waals surface area contributed by atoms with Gasteiger partial charge in [0.2, 0.25) is 0 Å². The van der Waals surface area contributed by atoms with Crippen LogP contribution in [0.25, 0.3) is 0 Å². The van der Waals surface area contributed by atoms with Crippen molar-refractivity contribution in [1.82, 2.24) is 4.98 Å². The Hall–Kier alpha value is -0.770. The maximum Gasteiger partial charge on any atom is 0.141 e. The highest BCUT2D eigenvalue weighted by Gasteiger charge is 2.29. The normalized spacial score (nSPS) is 25.5. The van der Waals surface area contributed by atoms with Gasteiger partial charge in [0.1, 0.15) is 11.6 Å². The largest absolute Gasteiger partial charge is 0.369 e. The number of thioether (sulfide) groups is 1. The van der Waals surface area contributed by atoms with E-state index in [9.17, 15) is 4.39 Å². The molecule has 2 heterocycles. The summed E-state index contributed by atoms with van der Waals surface area (Å²) in [5, 5.41) is 3.26. The lowest BCUT2D eigenvalue weighted by Crippen LogP contribution is -2.27. The van der Waals surface area contributed by atoms with Crippen LogP contribution in [-0.2, 0) is 0 Å². The van der Waals surface area contributed by atoms with E-state index >= 15 is 0 Å². The van der Waals surface area contributed by atoms with Crippen LogP contribution in [0.3, 0.4) is 0 Å². The molecule has 1 N–H and O–H groups in total. The molecule has 0 aliphatic carbocycles. The van der Waals surface area contributed by atoms with E-state index in [0.29, 0.717) is 4.75 Å². The number of rotatable bonds is 3. The minimum atomic E-state index is -0.290. The van der Waals surface area contributed by atoms with Crippen molar-refractivity contribution < 1.29 is 4.39 Å². The fourth-order valence-corrected chi connectivity index (χ4v) is 2.98. The van der Waals surface area contributed by atoms with Gasteiger partial charge in [-0.05, 0) is 37.7 Å². The maximum absolute atomic E-state index is 12.6. The van der Waals surface area contributed by atoms with Crippen LogP contribution >= 0.6 is 11.8 Å². The molecule has 1 saturated heterocycles. The van der Waals surface area contributed by atoms with E-state index in [1.165, 1.54) is 30.9 Å². The number of hydrogen-bond donors (Lipinski definition) is 1.